The highest BCUT2D eigenvalue weighted by molar-refractivity contribution is 7.89. The summed E-state index contributed by atoms with van der Waals surface area (Å²) >= 11 is 0. The van der Waals surface area contributed by atoms with Gasteiger partial charge in [-0.15, -0.1) is 26.3 Å². The van der Waals surface area contributed by atoms with Crippen molar-refractivity contribution < 1.29 is 49.0 Å². The number of halogens is 6. The number of aliphatic imine (C=N–C) groups is 1. The number of nitrogens with zero attached hydrogens (tertiary/aromatic N) is 3. The van der Waals surface area contributed by atoms with Crippen molar-refractivity contribution in [2.24, 2.45) is 4.99 Å². The fourth-order valence-electron chi connectivity index (χ4n) is 4.56. The van der Waals surface area contributed by atoms with E-state index in [0.29, 0.717) is 22.6 Å². The van der Waals surface area contributed by atoms with Crippen LogP contribution in [0.15, 0.2) is 89.3 Å². The van der Waals surface area contributed by atoms with Crippen LogP contribution in [0.2, 0.25) is 0 Å². The van der Waals surface area contributed by atoms with Crippen LogP contribution in [0.4, 0.5) is 43.4 Å². The third kappa shape index (κ3) is 8.91. The minimum Gasteiger partial charge on any atom is -0.406 e. The van der Waals surface area contributed by atoms with Crippen molar-refractivity contribution in [2.75, 3.05) is 30.3 Å². The summed E-state index contributed by atoms with van der Waals surface area (Å²) in [5.41, 5.74) is 7.87. The molecule has 46 heavy (non-hydrogen) atoms. The highest BCUT2D eigenvalue weighted by Crippen LogP contribution is 2.31. The number of piperazine rings is 1. The third-order valence-corrected chi connectivity index (χ3v) is 8.54. The van der Waals surface area contributed by atoms with Crippen LogP contribution < -0.4 is 25.4 Å². The lowest BCUT2D eigenvalue weighted by atomic mass is 10.1. The predicted octanol–water partition coefficient (Wildman–Crippen LogP) is 5.15. The fourth-order valence-corrected chi connectivity index (χ4v) is 6.13. The maximum atomic E-state index is 13.7. The minimum atomic E-state index is -4.98. The van der Waals surface area contributed by atoms with Crippen LogP contribution in [-0.2, 0) is 21.4 Å². The number of hydrogen-bond acceptors (Lipinski definition) is 8. The number of nitrogens with one attached hydrogen (secondary N) is 1. The second kappa shape index (κ2) is 13.7. The minimum absolute atomic E-state index is 0.119. The van der Waals surface area contributed by atoms with Crippen LogP contribution >= 0.6 is 0 Å². The van der Waals surface area contributed by atoms with Gasteiger partial charge in [0.15, 0.2) is 0 Å². The van der Waals surface area contributed by atoms with Crippen molar-refractivity contribution in [3.05, 3.63) is 84.9 Å². The zero-order valence-corrected chi connectivity index (χ0v) is 24.6. The number of anilines is 2. The van der Waals surface area contributed by atoms with Gasteiger partial charge >= 0.3 is 12.7 Å². The van der Waals surface area contributed by atoms with E-state index in [1.165, 1.54) is 24.4 Å². The number of benzene rings is 3. The van der Waals surface area contributed by atoms with Crippen LogP contribution in [0.25, 0.3) is 0 Å². The smallest absolute Gasteiger partial charge is 0.406 e. The molecule has 0 radical (unpaired) electrons. The van der Waals surface area contributed by atoms with E-state index < -0.39 is 46.2 Å². The Kier molecular flexibility index (Phi) is 10.2. The van der Waals surface area contributed by atoms with Crippen molar-refractivity contribution in [2.45, 2.75) is 30.2 Å². The van der Waals surface area contributed by atoms with Gasteiger partial charge in [-0.3, -0.25) is 9.79 Å². The molecule has 17 heteroatoms. The number of hydrogen-bond donors (Lipinski definition) is 2. The number of alkyl halides is 6. The van der Waals surface area contributed by atoms with E-state index in [1.807, 2.05) is 0 Å². The molecule has 1 heterocycles. The van der Waals surface area contributed by atoms with E-state index in [4.69, 9.17) is 5.73 Å². The largest absolute Gasteiger partial charge is 0.573 e. The summed E-state index contributed by atoms with van der Waals surface area (Å²) in [6.07, 6.45) is -6.94. The Labute approximate surface area is 259 Å². The molecule has 1 aliphatic rings. The molecule has 3 N–H and O–H groups in total. The van der Waals surface area contributed by atoms with Gasteiger partial charge in [-0.05, 0) is 60.2 Å². The maximum Gasteiger partial charge on any atom is 0.573 e. The number of nitrogens with two attached hydrogens (primary N) is 1. The molecule has 0 bridgehead atoms. The molecule has 3 aromatic rings. The Morgan fingerprint density at radius 2 is 1.54 bits per heavy atom. The van der Waals surface area contributed by atoms with Crippen LogP contribution in [0.3, 0.4) is 0 Å². The maximum absolute atomic E-state index is 13.7. The van der Waals surface area contributed by atoms with Gasteiger partial charge < -0.3 is 25.4 Å². The van der Waals surface area contributed by atoms with Crippen LogP contribution in [0, 0.1) is 0 Å². The Morgan fingerprint density at radius 1 is 0.957 bits per heavy atom. The van der Waals surface area contributed by atoms with Crippen molar-refractivity contribution >= 4 is 39.2 Å². The zero-order valence-electron chi connectivity index (χ0n) is 23.8. The van der Waals surface area contributed by atoms with Gasteiger partial charge in [-0.2, -0.15) is 4.31 Å². The predicted molar refractivity (Wildman–Crippen MR) is 157 cm³/mol. The molecule has 1 amide bonds. The van der Waals surface area contributed by atoms with E-state index in [1.54, 1.807) is 23.1 Å². The number of nitrogen functional groups attached to an aromatic ring is 1. The van der Waals surface area contributed by atoms with Gasteiger partial charge in [-0.1, -0.05) is 24.8 Å². The van der Waals surface area contributed by atoms with Gasteiger partial charge in [-0.25, -0.2) is 8.42 Å². The lowest BCUT2D eigenvalue weighted by Gasteiger charge is -2.40. The van der Waals surface area contributed by atoms with Crippen LogP contribution in [0.5, 0.6) is 11.5 Å². The number of sulfonamides is 1. The van der Waals surface area contributed by atoms with Gasteiger partial charge in [0.1, 0.15) is 17.5 Å². The summed E-state index contributed by atoms with van der Waals surface area (Å²) < 4.78 is 111. The van der Waals surface area contributed by atoms with E-state index in [9.17, 15) is 39.6 Å². The lowest BCUT2D eigenvalue weighted by Crippen LogP contribution is -2.60. The van der Waals surface area contributed by atoms with E-state index in [-0.39, 0.29) is 31.1 Å². The molecular weight excluding hydrogens is 644 g/mol. The summed E-state index contributed by atoms with van der Waals surface area (Å²) in [7, 11) is -4.42. The Morgan fingerprint density at radius 3 is 2.09 bits per heavy atom. The molecule has 1 fully saturated rings. The number of carbonyl (C=O) groups is 1. The molecule has 3 aromatic carbocycles. The van der Waals surface area contributed by atoms with Crippen LogP contribution in [-0.4, -0.2) is 63.2 Å². The highest BCUT2D eigenvalue weighted by Gasteiger charge is 2.40. The molecule has 0 saturated carbocycles. The van der Waals surface area contributed by atoms with Gasteiger partial charge in [0.2, 0.25) is 15.9 Å². The van der Waals surface area contributed by atoms with Gasteiger partial charge in [0, 0.05) is 38.1 Å². The number of allylic oxidation sites excluding steroid dienone is 1. The molecule has 0 spiro atoms. The molecule has 1 saturated heterocycles. The third-order valence-electron chi connectivity index (χ3n) is 6.62. The highest BCUT2D eigenvalue weighted by atomic mass is 32.2. The standard InChI is InChI=1S/C29H27F6N5O5S/c1-2-13-37-25-12-5-20(16-24(25)36)39-14-15-40(46(42,43)23-10-8-22(9-11-23)45-29(33,34)35)26(18-39)27(41)38-17-19-3-6-21(7-4-19)44-28(30,31)32/h2-13,16,26H,1,14-15,17-18,36H2,(H,38,41)/t26-/m1/s1. The summed E-state index contributed by atoms with van der Waals surface area (Å²) in [5.74, 6) is -1.83. The van der Waals surface area contributed by atoms with Crippen molar-refractivity contribution in [3.63, 3.8) is 0 Å². The summed E-state index contributed by atoms with van der Waals surface area (Å²) in [6.45, 7) is 3.17. The van der Waals surface area contributed by atoms with Crippen molar-refractivity contribution in [1.82, 2.24) is 9.62 Å². The first kappa shape index (κ1) is 34.1. The summed E-state index contributed by atoms with van der Waals surface area (Å²) in [5, 5.41) is 2.61. The molecule has 246 valence electrons. The van der Waals surface area contributed by atoms with E-state index in [0.717, 1.165) is 40.7 Å². The lowest BCUT2D eigenvalue weighted by molar-refractivity contribution is -0.275. The second-order valence-corrected chi connectivity index (χ2v) is 11.7. The average Bonchev–Trinajstić information content (AvgIpc) is 2.98. The first-order valence-corrected chi connectivity index (χ1v) is 14.8. The van der Waals surface area contributed by atoms with Gasteiger partial charge in [0.25, 0.3) is 0 Å². The molecule has 1 aliphatic heterocycles. The summed E-state index contributed by atoms with van der Waals surface area (Å²) in [4.78, 5) is 19.0. The summed E-state index contributed by atoms with van der Waals surface area (Å²) in [6, 6.07) is 11.9. The molecule has 4 rings (SSSR count). The quantitative estimate of drug-likeness (QED) is 0.174. The molecule has 0 unspecified atom stereocenters. The Bertz CT molecular complexity index is 1680. The van der Waals surface area contributed by atoms with E-state index in [2.05, 4.69) is 26.4 Å². The Balaban J connectivity index is 1.58. The molecule has 0 aromatic heterocycles. The molecule has 1 atom stereocenters. The van der Waals surface area contributed by atoms with E-state index >= 15 is 0 Å². The average molecular weight is 672 g/mol. The topological polar surface area (TPSA) is 127 Å². The SMILES string of the molecule is C=CC=Nc1ccc(N2CCN(S(=O)(=O)c3ccc(OC(F)(F)F)cc3)[C@@H](C(=O)NCc3ccc(OC(F)(F)F)cc3)C2)cc1N. The number of rotatable bonds is 10. The normalized spacial score (nSPS) is 16.3. The molecule has 10 nitrogen and oxygen atoms in total. The number of amides is 1. The Hall–Kier alpha value is -4.77. The molecular formula is C29H27F6N5O5S. The number of carbonyl (C=O) groups excluding carboxylic acids is 1. The first-order valence-electron chi connectivity index (χ1n) is 13.4. The second-order valence-electron chi connectivity index (χ2n) is 9.76. The molecule has 0 aliphatic carbocycles. The van der Waals surface area contributed by atoms with Crippen molar-refractivity contribution in [3.8, 4) is 11.5 Å². The van der Waals surface area contributed by atoms with Crippen LogP contribution in [0.1, 0.15) is 5.56 Å². The van der Waals surface area contributed by atoms with Gasteiger partial charge in [0.05, 0.1) is 16.3 Å². The zero-order chi connectivity index (χ0) is 33.7. The number of ether oxygens (including phenoxy) is 2. The monoisotopic (exact) mass is 671 g/mol. The van der Waals surface area contributed by atoms with Crippen molar-refractivity contribution in [1.29, 1.82) is 0 Å². The first-order chi connectivity index (χ1) is 21.6. The fraction of sp³-hybridized carbons (Fsp3) is 0.241.